The van der Waals surface area contributed by atoms with Crippen LogP contribution >= 0.6 is 0 Å². The maximum Gasteiger partial charge on any atom is 0.304 e. The summed E-state index contributed by atoms with van der Waals surface area (Å²) in [7, 11) is 0. The number of likely N-dealkylation sites (tertiary alicyclic amines) is 1. The summed E-state index contributed by atoms with van der Waals surface area (Å²) in [5.74, 6) is 0.0193. The summed E-state index contributed by atoms with van der Waals surface area (Å²) in [6.45, 7) is 7.03. The van der Waals surface area contributed by atoms with Crippen molar-refractivity contribution in [1.82, 2.24) is 10.2 Å². The average Bonchev–Trinajstić information content (AvgIpc) is 3.25. The summed E-state index contributed by atoms with van der Waals surface area (Å²) in [6.07, 6.45) is 2.90. The van der Waals surface area contributed by atoms with Crippen LogP contribution in [0.5, 0.6) is 0 Å². The van der Waals surface area contributed by atoms with Gasteiger partial charge in [-0.3, -0.25) is 14.5 Å². The molecule has 3 fully saturated rings. The van der Waals surface area contributed by atoms with Crippen molar-refractivity contribution in [2.24, 2.45) is 11.8 Å². The Morgan fingerprint density at radius 2 is 2.04 bits per heavy atom. The fraction of sp³-hybridized carbons (Fsp3) is 0.636. The lowest BCUT2D eigenvalue weighted by atomic mass is 9.73. The number of carboxylic acid groups (broad SMARTS) is 1. The number of aliphatic carboxylic acids is 1. The summed E-state index contributed by atoms with van der Waals surface area (Å²) >= 11 is 0. The number of aryl methyl sites for hydroxylation is 2. The Balaban J connectivity index is 1.33. The van der Waals surface area contributed by atoms with E-state index >= 15 is 0 Å². The molecule has 4 rings (SSSR count). The van der Waals surface area contributed by atoms with Crippen LogP contribution in [0, 0.1) is 25.7 Å². The zero-order valence-corrected chi connectivity index (χ0v) is 16.7. The van der Waals surface area contributed by atoms with Gasteiger partial charge in [0.25, 0.3) is 0 Å². The normalized spacial score (nSPS) is 31.1. The highest BCUT2D eigenvalue weighted by Gasteiger charge is 2.62. The number of carboxylic acids is 1. The SMILES string of the molecule is Cc1cc(C)cc(CC(=O)NC[C@H]2[C@H]3CN(CCC(=O)O)C[C@]34CC[C@H]2O4)c1. The molecule has 1 amide bonds. The molecule has 1 spiro atoms. The Bertz CT molecular complexity index is 760. The van der Waals surface area contributed by atoms with Crippen molar-refractivity contribution in [1.29, 1.82) is 0 Å². The Morgan fingerprint density at radius 1 is 1.29 bits per heavy atom. The van der Waals surface area contributed by atoms with Gasteiger partial charge in [0, 0.05) is 38.0 Å². The van der Waals surface area contributed by atoms with E-state index in [-0.39, 0.29) is 24.0 Å². The molecule has 3 aliphatic heterocycles. The number of nitrogens with one attached hydrogen (secondary N) is 1. The van der Waals surface area contributed by atoms with Crippen molar-refractivity contribution < 1.29 is 19.4 Å². The van der Waals surface area contributed by atoms with Crippen molar-refractivity contribution in [2.45, 2.75) is 51.2 Å². The van der Waals surface area contributed by atoms with Gasteiger partial charge in [-0.25, -0.2) is 0 Å². The minimum absolute atomic E-state index is 0.0579. The molecule has 1 aromatic carbocycles. The van der Waals surface area contributed by atoms with Crippen LogP contribution in [0.15, 0.2) is 18.2 Å². The second-order valence-electron chi connectivity index (χ2n) is 8.89. The predicted molar refractivity (Wildman–Crippen MR) is 105 cm³/mol. The fourth-order valence-corrected chi connectivity index (χ4v) is 5.63. The molecule has 6 nitrogen and oxygen atoms in total. The standard InChI is InChI=1S/C22H30N2O4/c1-14-7-15(2)9-16(8-14)10-20(25)23-11-17-18-12-24(6-4-21(26)27)13-22(18)5-3-19(17)28-22/h7-9,17-19H,3-6,10-13H2,1-2H3,(H,23,25)(H,26,27)/t17-,18+,19+,22+/m0/s1. The average molecular weight is 386 g/mol. The van der Waals surface area contributed by atoms with Crippen molar-refractivity contribution in [3.8, 4) is 0 Å². The first-order chi connectivity index (χ1) is 13.3. The van der Waals surface area contributed by atoms with Gasteiger partial charge in [-0.15, -0.1) is 0 Å². The van der Waals surface area contributed by atoms with Crippen molar-refractivity contribution in [3.05, 3.63) is 34.9 Å². The molecule has 0 unspecified atom stereocenters. The van der Waals surface area contributed by atoms with Gasteiger partial charge in [0.1, 0.15) is 0 Å². The number of hydrogen-bond donors (Lipinski definition) is 2. The van der Waals surface area contributed by atoms with Crippen LogP contribution < -0.4 is 5.32 Å². The van der Waals surface area contributed by atoms with Crippen LogP contribution in [0.1, 0.15) is 36.0 Å². The molecule has 0 radical (unpaired) electrons. The molecule has 3 aliphatic rings. The van der Waals surface area contributed by atoms with Crippen LogP contribution in [0.25, 0.3) is 0 Å². The van der Waals surface area contributed by atoms with E-state index in [1.54, 1.807) is 0 Å². The van der Waals surface area contributed by atoms with Crippen molar-refractivity contribution in [2.75, 3.05) is 26.2 Å². The number of hydrogen-bond acceptors (Lipinski definition) is 4. The van der Waals surface area contributed by atoms with Crippen molar-refractivity contribution >= 4 is 11.9 Å². The molecule has 0 aromatic heterocycles. The summed E-state index contributed by atoms with van der Waals surface area (Å²) in [6, 6.07) is 6.25. The number of benzene rings is 1. The molecule has 1 aromatic rings. The molecule has 28 heavy (non-hydrogen) atoms. The fourth-order valence-electron chi connectivity index (χ4n) is 5.63. The molecule has 3 heterocycles. The minimum atomic E-state index is -0.755. The van der Waals surface area contributed by atoms with E-state index in [0.29, 0.717) is 31.3 Å². The van der Waals surface area contributed by atoms with Gasteiger partial charge in [0.15, 0.2) is 0 Å². The summed E-state index contributed by atoms with van der Waals surface area (Å²) in [5, 5.41) is 12.1. The monoisotopic (exact) mass is 386 g/mol. The summed E-state index contributed by atoms with van der Waals surface area (Å²) < 4.78 is 6.38. The molecule has 4 atom stereocenters. The van der Waals surface area contributed by atoms with E-state index in [4.69, 9.17) is 9.84 Å². The summed E-state index contributed by atoms with van der Waals surface area (Å²) in [4.78, 5) is 25.6. The van der Waals surface area contributed by atoms with Gasteiger partial charge < -0.3 is 15.2 Å². The molecule has 0 aliphatic carbocycles. The molecule has 0 saturated carbocycles. The zero-order valence-electron chi connectivity index (χ0n) is 16.7. The Kier molecular flexibility index (Phi) is 5.19. The number of nitrogens with zero attached hydrogens (tertiary/aromatic N) is 1. The molecule has 152 valence electrons. The number of carbonyl (C=O) groups is 2. The van der Waals surface area contributed by atoms with E-state index in [1.807, 2.05) is 0 Å². The van der Waals surface area contributed by atoms with Crippen LogP contribution in [-0.2, 0) is 20.7 Å². The lowest BCUT2D eigenvalue weighted by Crippen LogP contribution is -2.42. The molecule has 2 bridgehead atoms. The quantitative estimate of drug-likeness (QED) is 0.749. The number of fused-ring (bicyclic) bond motifs is 1. The number of carbonyl (C=O) groups excluding carboxylic acids is 1. The van der Waals surface area contributed by atoms with Crippen LogP contribution in [0.2, 0.25) is 0 Å². The van der Waals surface area contributed by atoms with Crippen molar-refractivity contribution in [3.63, 3.8) is 0 Å². The Morgan fingerprint density at radius 3 is 2.75 bits per heavy atom. The Hall–Kier alpha value is -1.92. The molecular formula is C22H30N2O4. The van der Waals surface area contributed by atoms with Crippen LogP contribution in [-0.4, -0.2) is 59.8 Å². The van der Waals surface area contributed by atoms with Gasteiger partial charge in [-0.1, -0.05) is 29.3 Å². The number of amides is 1. The van der Waals surface area contributed by atoms with Gasteiger partial charge in [0.2, 0.25) is 5.91 Å². The first-order valence-corrected chi connectivity index (χ1v) is 10.3. The lowest BCUT2D eigenvalue weighted by Gasteiger charge is -2.29. The van der Waals surface area contributed by atoms with Gasteiger partial charge >= 0.3 is 5.97 Å². The second kappa shape index (κ2) is 7.48. The van der Waals surface area contributed by atoms with E-state index in [1.165, 1.54) is 11.1 Å². The molecule has 3 saturated heterocycles. The van der Waals surface area contributed by atoms with Crippen LogP contribution in [0.4, 0.5) is 0 Å². The Labute approximate surface area is 166 Å². The predicted octanol–water partition coefficient (Wildman–Crippen LogP) is 1.92. The highest BCUT2D eigenvalue weighted by molar-refractivity contribution is 5.78. The number of ether oxygens (including phenoxy) is 1. The first-order valence-electron chi connectivity index (χ1n) is 10.3. The maximum absolute atomic E-state index is 12.5. The van der Waals surface area contributed by atoms with Gasteiger partial charge in [-0.05, 0) is 32.3 Å². The molecule has 6 heteroatoms. The zero-order chi connectivity index (χ0) is 19.9. The third kappa shape index (κ3) is 3.80. The number of rotatable bonds is 7. The topological polar surface area (TPSA) is 78.9 Å². The van der Waals surface area contributed by atoms with E-state index in [0.717, 1.165) is 31.5 Å². The second-order valence-corrected chi connectivity index (χ2v) is 8.89. The van der Waals surface area contributed by atoms with Gasteiger partial charge in [0.05, 0.1) is 24.5 Å². The highest BCUT2D eigenvalue weighted by Crippen LogP contribution is 2.54. The minimum Gasteiger partial charge on any atom is -0.481 e. The molecular weight excluding hydrogens is 356 g/mol. The van der Waals surface area contributed by atoms with E-state index < -0.39 is 5.97 Å². The maximum atomic E-state index is 12.5. The van der Waals surface area contributed by atoms with Gasteiger partial charge in [-0.2, -0.15) is 0 Å². The lowest BCUT2D eigenvalue weighted by molar-refractivity contribution is -0.137. The van der Waals surface area contributed by atoms with E-state index in [9.17, 15) is 9.59 Å². The van der Waals surface area contributed by atoms with Crippen LogP contribution in [0.3, 0.4) is 0 Å². The summed E-state index contributed by atoms with van der Waals surface area (Å²) in [5.41, 5.74) is 3.29. The third-order valence-corrected chi connectivity index (χ3v) is 6.68. The first kappa shape index (κ1) is 19.4. The van der Waals surface area contributed by atoms with E-state index in [2.05, 4.69) is 42.3 Å². The molecule has 2 N–H and O–H groups in total. The third-order valence-electron chi connectivity index (χ3n) is 6.68. The highest BCUT2D eigenvalue weighted by atomic mass is 16.5. The largest absolute Gasteiger partial charge is 0.481 e. The smallest absolute Gasteiger partial charge is 0.304 e.